The number of hydrogen-bond donors (Lipinski definition) is 2. The van der Waals surface area contributed by atoms with Gasteiger partial charge in [0.2, 0.25) is 0 Å². The molecule has 0 saturated carbocycles. The molecule has 2 N–H and O–H groups in total. The Morgan fingerprint density at radius 3 is 3.04 bits per heavy atom. The lowest BCUT2D eigenvalue weighted by molar-refractivity contribution is -0.404. The van der Waals surface area contributed by atoms with E-state index in [1.165, 1.54) is 0 Å². The Bertz CT molecular complexity index is 559. The topological polar surface area (TPSA) is 83.3 Å². The van der Waals surface area contributed by atoms with Gasteiger partial charge in [-0.2, -0.15) is 11.8 Å². The van der Waals surface area contributed by atoms with Crippen LogP contribution in [0, 0.1) is 22.5 Å². The van der Waals surface area contributed by atoms with Crippen molar-refractivity contribution in [1.29, 1.82) is 0 Å². The molecule has 0 atom stereocenters. The lowest BCUT2D eigenvalue weighted by Crippen LogP contribution is -2.26. The number of nitro groups is 1. The zero-order valence-electron chi connectivity index (χ0n) is 12.9. The fourth-order valence-electron chi connectivity index (χ4n) is 1.48. The summed E-state index contributed by atoms with van der Waals surface area (Å²) in [7, 11) is 3.56. The molecular formula is C13H20BrN5O2S2. The van der Waals surface area contributed by atoms with Gasteiger partial charge in [-0.15, -0.1) is 34.7 Å². The van der Waals surface area contributed by atoms with Crippen LogP contribution in [0.4, 0.5) is 5.13 Å². The van der Waals surface area contributed by atoms with E-state index in [1.54, 1.807) is 30.1 Å². The lowest BCUT2D eigenvalue weighted by Gasteiger charge is -2.10. The summed E-state index contributed by atoms with van der Waals surface area (Å²) in [5.41, 5.74) is 1.02. The van der Waals surface area contributed by atoms with Gasteiger partial charge in [-0.25, -0.2) is 4.98 Å². The molecule has 0 amide bonds. The number of terminal acetylenes is 1. The Balaban J connectivity index is 0.00000484. The molecule has 0 radical (unpaired) electrons. The first-order chi connectivity index (χ1) is 10.6. The third kappa shape index (κ3) is 8.68. The Labute approximate surface area is 154 Å². The van der Waals surface area contributed by atoms with E-state index in [4.69, 9.17) is 6.42 Å². The van der Waals surface area contributed by atoms with E-state index < -0.39 is 4.92 Å². The minimum atomic E-state index is -0.491. The molecule has 1 heterocycles. The number of anilines is 1. The maximum Gasteiger partial charge on any atom is 0.274 e. The summed E-state index contributed by atoms with van der Waals surface area (Å²) in [6, 6.07) is 0. The van der Waals surface area contributed by atoms with E-state index in [2.05, 4.69) is 21.5 Å². The molecule has 10 heteroatoms. The van der Waals surface area contributed by atoms with E-state index in [1.807, 2.05) is 17.3 Å². The highest BCUT2D eigenvalue weighted by atomic mass is 79.9. The molecule has 0 saturated heterocycles. The molecular weight excluding hydrogens is 402 g/mol. The molecule has 128 valence electrons. The number of nitrogens with one attached hydrogen (secondary N) is 2. The number of thiazole rings is 1. The van der Waals surface area contributed by atoms with E-state index >= 15 is 0 Å². The Hall–Kier alpha value is -1.44. The van der Waals surface area contributed by atoms with Gasteiger partial charge in [-0.1, -0.05) is 5.92 Å². The first-order valence-corrected chi connectivity index (χ1v) is 8.54. The lowest BCUT2D eigenvalue weighted by atomic mass is 10.6. The second-order valence-corrected chi connectivity index (χ2v) is 6.18. The van der Waals surface area contributed by atoms with Gasteiger partial charge in [0.15, 0.2) is 11.0 Å². The van der Waals surface area contributed by atoms with Crippen molar-refractivity contribution in [3.8, 4) is 12.3 Å². The molecule has 7 nitrogen and oxygen atoms in total. The van der Waals surface area contributed by atoms with E-state index in [-0.39, 0.29) is 17.0 Å². The Morgan fingerprint density at radius 2 is 2.43 bits per heavy atom. The second kappa shape index (κ2) is 12.0. The third-order valence-corrected chi connectivity index (χ3v) is 4.51. The van der Waals surface area contributed by atoms with Gasteiger partial charge in [-0.3, -0.25) is 10.1 Å². The number of hydrogen-bond acceptors (Lipinski definition) is 8. The summed E-state index contributed by atoms with van der Waals surface area (Å²) in [4.78, 5) is 16.3. The van der Waals surface area contributed by atoms with Crippen LogP contribution < -0.4 is 15.5 Å². The average molecular weight is 422 g/mol. The zero-order chi connectivity index (χ0) is 16.4. The Kier molecular flexibility index (Phi) is 11.3. The second-order valence-electron chi connectivity index (χ2n) is 4.24. The fourth-order valence-corrected chi connectivity index (χ4v) is 3.13. The molecule has 0 aliphatic rings. The predicted octanol–water partition coefficient (Wildman–Crippen LogP) is 1.91. The minimum absolute atomic E-state index is 0. The first-order valence-electron chi connectivity index (χ1n) is 6.50. The molecule has 1 rings (SSSR count). The summed E-state index contributed by atoms with van der Waals surface area (Å²) in [5.74, 6) is 4.61. The molecule has 0 spiro atoms. The van der Waals surface area contributed by atoms with Gasteiger partial charge in [0.05, 0.1) is 17.2 Å². The Morgan fingerprint density at radius 1 is 1.70 bits per heavy atom. The molecule has 0 unspecified atom stereocenters. The van der Waals surface area contributed by atoms with Crippen LogP contribution in [0.5, 0.6) is 0 Å². The van der Waals surface area contributed by atoms with Crippen molar-refractivity contribution in [2.45, 2.75) is 5.75 Å². The zero-order valence-corrected chi connectivity index (χ0v) is 16.3. The van der Waals surface area contributed by atoms with Gasteiger partial charge < -0.3 is 15.5 Å². The predicted molar refractivity (Wildman–Crippen MR) is 103 cm³/mol. The SMILES string of the molecule is Br.C#CCN(C)c1nc(CSCCN/C(=C/[N+](=O)[O-])NC)cs1. The maximum atomic E-state index is 10.4. The highest BCUT2D eigenvalue weighted by Crippen LogP contribution is 2.21. The van der Waals surface area contributed by atoms with Crippen molar-refractivity contribution in [3.63, 3.8) is 0 Å². The standard InChI is InChI=1S/C13H19N5O2S2.BrH/c1-4-6-17(3)13-16-11(10-22-13)9-21-7-5-15-12(14-2)8-18(19)20;/h1,8,10,14-15H,5-7,9H2,2-3H3;1H/b12-8+;. The third-order valence-electron chi connectivity index (χ3n) is 2.51. The van der Waals surface area contributed by atoms with Crippen LogP contribution in [0.25, 0.3) is 0 Å². The van der Waals surface area contributed by atoms with Crippen molar-refractivity contribution >= 4 is 45.2 Å². The molecule has 1 aromatic heterocycles. The molecule has 23 heavy (non-hydrogen) atoms. The molecule has 1 aromatic rings. The number of nitrogens with zero attached hydrogens (tertiary/aromatic N) is 3. The summed E-state index contributed by atoms with van der Waals surface area (Å²) < 4.78 is 0. The molecule has 0 aliphatic heterocycles. The summed E-state index contributed by atoms with van der Waals surface area (Å²) >= 11 is 3.29. The van der Waals surface area contributed by atoms with Crippen LogP contribution >= 0.6 is 40.1 Å². The monoisotopic (exact) mass is 421 g/mol. The molecule has 0 fully saturated rings. The van der Waals surface area contributed by atoms with Crippen molar-refractivity contribution < 1.29 is 4.92 Å². The summed E-state index contributed by atoms with van der Waals surface area (Å²) in [6.45, 7) is 1.18. The van der Waals surface area contributed by atoms with Crippen LogP contribution in [-0.4, -0.2) is 42.8 Å². The first kappa shape index (κ1) is 21.6. The van der Waals surface area contributed by atoms with Crippen molar-refractivity contribution in [3.05, 3.63) is 33.2 Å². The van der Waals surface area contributed by atoms with Crippen molar-refractivity contribution in [2.24, 2.45) is 0 Å². The quantitative estimate of drug-likeness (QED) is 0.258. The van der Waals surface area contributed by atoms with Crippen LogP contribution in [-0.2, 0) is 5.75 Å². The van der Waals surface area contributed by atoms with Gasteiger partial charge in [0, 0.05) is 37.5 Å². The highest BCUT2D eigenvalue weighted by molar-refractivity contribution is 8.93. The largest absolute Gasteiger partial charge is 0.370 e. The normalized spacial score (nSPS) is 10.4. The van der Waals surface area contributed by atoms with Crippen LogP contribution in [0.2, 0.25) is 0 Å². The summed E-state index contributed by atoms with van der Waals surface area (Å²) in [6.07, 6.45) is 6.19. The number of halogens is 1. The van der Waals surface area contributed by atoms with Crippen LogP contribution in [0.1, 0.15) is 5.69 Å². The number of thioether (sulfide) groups is 1. The molecule has 0 bridgehead atoms. The van der Waals surface area contributed by atoms with Gasteiger partial charge >= 0.3 is 0 Å². The average Bonchev–Trinajstić information content (AvgIpc) is 2.94. The van der Waals surface area contributed by atoms with Gasteiger partial charge in [-0.05, 0) is 0 Å². The van der Waals surface area contributed by atoms with E-state index in [0.29, 0.717) is 18.9 Å². The van der Waals surface area contributed by atoms with Crippen molar-refractivity contribution in [2.75, 3.05) is 37.8 Å². The highest BCUT2D eigenvalue weighted by Gasteiger charge is 2.06. The maximum absolute atomic E-state index is 10.4. The minimum Gasteiger partial charge on any atom is -0.370 e. The van der Waals surface area contributed by atoms with Crippen molar-refractivity contribution in [1.82, 2.24) is 15.6 Å². The molecule has 0 aromatic carbocycles. The molecule has 0 aliphatic carbocycles. The summed E-state index contributed by atoms with van der Waals surface area (Å²) in [5, 5.41) is 19.0. The smallest absolute Gasteiger partial charge is 0.274 e. The van der Waals surface area contributed by atoms with Crippen LogP contribution in [0.15, 0.2) is 17.4 Å². The van der Waals surface area contributed by atoms with Gasteiger partial charge in [0.25, 0.3) is 6.20 Å². The number of rotatable bonds is 10. The number of aromatic nitrogens is 1. The fraction of sp³-hybridized carbons (Fsp3) is 0.462. The van der Waals surface area contributed by atoms with E-state index in [0.717, 1.165) is 28.5 Å². The van der Waals surface area contributed by atoms with Gasteiger partial charge in [0.1, 0.15) is 0 Å². The van der Waals surface area contributed by atoms with Crippen LogP contribution in [0.3, 0.4) is 0 Å². The van der Waals surface area contributed by atoms with E-state index in [9.17, 15) is 10.1 Å².